The van der Waals surface area contributed by atoms with E-state index in [1.54, 1.807) is 24.3 Å². The van der Waals surface area contributed by atoms with Gasteiger partial charge >= 0.3 is 0 Å². The highest BCUT2D eigenvalue weighted by atomic mass is 35.5. The minimum absolute atomic E-state index is 0.0369. The van der Waals surface area contributed by atoms with Gasteiger partial charge in [-0.15, -0.1) is 0 Å². The highest BCUT2D eigenvalue weighted by Gasteiger charge is 2.28. The number of carbonyl (C=O) groups excluding carboxylic acids is 1. The molecule has 2 aromatic carbocycles. The lowest BCUT2D eigenvalue weighted by Gasteiger charge is -2.28. The molecule has 0 aromatic heterocycles. The zero-order valence-electron chi connectivity index (χ0n) is 18.6. The van der Waals surface area contributed by atoms with Gasteiger partial charge in [-0.25, -0.2) is 8.42 Å². The van der Waals surface area contributed by atoms with Gasteiger partial charge in [-0.2, -0.15) is 0 Å². The lowest BCUT2D eigenvalue weighted by atomic mass is 9.95. The van der Waals surface area contributed by atoms with Crippen LogP contribution in [0.5, 0.6) is 11.5 Å². The second-order valence-corrected chi connectivity index (χ2v) is 10.3. The number of nitrogens with one attached hydrogen (secondary N) is 1. The van der Waals surface area contributed by atoms with Crippen molar-refractivity contribution in [1.82, 2.24) is 5.32 Å². The molecule has 0 spiro atoms. The number of rotatable bonds is 8. The molecule has 0 unspecified atom stereocenters. The van der Waals surface area contributed by atoms with Crippen molar-refractivity contribution >= 4 is 33.2 Å². The molecule has 1 N–H and O–H groups in total. The number of sulfonamides is 1. The zero-order chi connectivity index (χ0) is 23.3. The minimum Gasteiger partial charge on any atom is -0.493 e. The van der Waals surface area contributed by atoms with E-state index in [1.165, 1.54) is 30.7 Å². The summed E-state index contributed by atoms with van der Waals surface area (Å²) < 4.78 is 37.6. The molecule has 1 aliphatic rings. The van der Waals surface area contributed by atoms with Crippen LogP contribution in [0.15, 0.2) is 36.4 Å². The van der Waals surface area contributed by atoms with Crippen molar-refractivity contribution in [2.24, 2.45) is 0 Å². The number of carbonyl (C=O) groups is 1. The number of anilines is 1. The molecule has 3 rings (SSSR count). The van der Waals surface area contributed by atoms with E-state index in [-0.39, 0.29) is 29.7 Å². The van der Waals surface area contributed by atoms with Crippen LogP contribution in [0.4, 0.5) is 5.69 Å². The average Bonchev–Trinajstić information content (AvgIpc) is 2.77. The molecule has 7 nitrogen and oxygen atoms in total. The number of methoxy groups -OCH3 is 2. The van der Waals surface area contributed by atoms with Gasteiger partial charge in [0.15, 0.2) is 11.5 Å². The zero-order valence-corrected chi connectivity index (χ0v) is 20.1. The van der Waals surface area contributed by atoms with Gasteiger partial charge in [-0.3, -0.25) is 9.10 Å². The van der Waals surface area contributed by atoms with Crippen molar-refractivity contribution in [3.05, 3.63) is 52.5 Å². The first-order valence-electron chi connectivity index (χ1n) is 10.5. The molecule has 32 heavy (non-hydrogen) atoms. The van der Waals surface area contributed by atoms with Gasteiger partial charge in [0.05, 0.1) is 38.3 Å². The molecule has 0 bridgehead atoms. The van der Waals surface area contributed by atoms with Crippen LogP contribution in [0.2, 0.25) is 5.02 Å². The van der Waals surface area contributed by atoms with Crippen LogP contribution in [0.25, 0.3) is 0 Å². The molecular weight excluding hydrogens is 452 g/mol. The number of ether oxygens (including phenoxy) is 2. The van der Waals surface area contributed by atoms with E-state index in [4.69, 9.17) is 21.1 Å². The molecule has 174 valence electrons. The molecule has 1 aliphatic carbocycles. The van der Waals surface area contributed by atoms with E-state index >= 15 is 0 Å². The van der Waals surface area contributed by atoms with Crippen molar-refractivity contribution in [2.75, 3.05) is 24.8 Å². The summed E-state index contributed by atoms with van der Waals surface area (Å²) in [7, 11) is -0.796. The van der Waals surface area contributed by atoms with E-state index in [0.717, 1.165) is 43.9 Å². The third-order valence-corrected chi connectivity index (χ3v) is 6.97. The van der Waals surface area contributed by atoms with Crippen LogP contribution in [-0.4, -0.2) is 40.8 Å². The lowest BCUT2D eigenvalue weighted by molar-refractivity contribution is 0.0928. The molecule has 0 aliphatic heterocycles. The van der Waals surface area contributed by atoms with Crippen molar-refractivity contribution in [1.29, 1.82) is 0 Å². The predicted molar refractivity (Wildman–Crippen MR) is 126 cm³/mol. The summed E-state index contributed by atoms with van der Waals surface area (Å²) in [6.45, 7) is 0.0369. The Hall–Kier alpha value is -2.45. The Kier molecular flexibility index (Phi) is 7.90. The van der Waals surface area contributed by atoms with Crippen LogP contribution in [0, 0.1) is 0 Å². The number of benzene rings is 2. The number of hydrogen-bond acceptors (Lipinski definition) is 5. The quantitative estimate of drug-likeness (QED) is 0.605. The summed E-state index contributed by atoms with van der Waals surface area (Å²) in [5.74, 6) is 0.351. The predicted octanol–water partition coefficient (Wildman–Crippen LogP) is 4.39. The topological polar surface area (TPSA) is 84.9 Å². The first kappa shape index (κ1) is 24.2. The Bertz CT molecular complexity index is 1050. The summed E-state index contributed by atoms with van der Waals surface area (Å²) in [5.41, 5.74) is 1.18. The number of hydrogen-bond donors (Lipinski definition) is 1. The van der Waals surface area contributed by atoms with Crippen molar-refractivity contribution < 1.29 is 22.7 Å². The molecule has 1 fully saturated rings. The molecule has 2 aromatic rings. The third-order valence-electron chi connectivity index (χ3n) is 5.60. The van der Waals surface area contributed by atoms with Gasteiger partial charge in [-0.1, -0.05) is 43.0 Å². The summed E-state index contributed by atoms with van der Waals surface area (Å²) >= 11 is 5.97. The fourth-order valence-electron chi connectivity index (χ4n) is 3.90. The first-order chi connectivity index (χ1) is 15.2. The average molecular weight is 481 g/mol. The van der Waals surface area contributed by atoms with Gasteiger partial charge < -0.3 is 14.8 Å². The Morgan fingerprint density at radius 2 is 1.66 bits per heavy atom. The van der Waals surface area contributed by atoms with E-state index < -0.39 is 10.0 Å². The van der Waals surface area contributed by atoms with Crippen LogP contribution in [-0.2, 0) is 16.6 Å². The summed E-state index contributed by atoms with van der Waals surface area (Å²) in [6.07, 6.45) is 6.23. The van der Waals surface area contributed by atoms with Crippen molar-refractivity contribution in [3.63, 3.8) is 0 Å². The molecule has 1 saturated carbocycles. The van der Waals surface area contributed by atoms with Gasteiger partial charge in [0.1, 0.15) is 0 Å². The number of nitrogens with zero attached hydrogens (tertiary/aromatic N) is 1. The third kappa shape index (κ3) is 5.86. The molecule has 9 heteroatoms. The maximum Gasteiger partial charge on any atom is 0.253 e. The van der Waals surface area contributed by atoms with Gasteiger partial charge in [0.25, 0.3) is 5.91 Å². The Morgan fingerprint density at radius 1 is 1.06 bits per heavy atom. The van der Waals surface area contributed by atoms with Gasteiger partial charge in [0, 0.05) is 17.1 Å². The van der Waals surface area contributed by atoms with Crippen LogP contribution < -0.4 is 19.1 Å². The fourth-order valence-corrected chi connectivity index (χ4v) is 4.92. The Labute approximate surface area is 194 Å². The summed E-state index contributed by atoms with van der Waals surface area (Å²) in [6, 6.07) is 10.0. The van der Waals surface area contributed by atoms with Crippen LogP contribution in [0.3, 0.4) is 0 Å². The lowest BCUT2D eigenvalue weighted by Crippen LogP contribution is -2.38. The normalized spacial score (nSPS) is 14.6. The maximum atomic E-state index is 13.3. The molecule has 0 heterocycles. The molecule has 0 radical (unpaired) electrons. The molecule has 0 atom stereocenters. The van der Waals surface area contributed by atoms with Crippen molar-refractivity contribution in [3.8, 4) is 11.5 Å². The number of halogens is 1. The van der Waals surface area contributed by atoms with E-state index in [2.05, 4.69) is 5.32 Å². The van der Waals surface area contributed by atoms with Gasteiger partial charge in [-0.05, 0) is 36.6 Å². The smallest absolute Gasteiger partial charge is 0.253 e. The molecular formula is C23H29ClN2O5S. The van der Waals surface area contributed by atoms with E-state index in [0.29, 0.717) is 16.5 Å². The largest absolute Gasteiger partial charge is 0.493 e. The SMILES string of the molecule is COc1cc(C(=O)NC2CCCCC2)c(N(Cc2ccc(Cl)cc2)S(C)(=O)=O)cc1OC. The summed E-state index contributed by atoms with van der Waals surface area (Å²) in [5, 5.41) is 3.62. The monoisotopic (exact) mass is 480 g/mol. The maximum absolute atomic E-state index is 13.3. The second-order valence-electron chi connectivity index (χ2n) is 7.93. The molecule has 0 saturated heterocycles. The Balaban J connectivity index is 2.06. The van der Waals surface area contributed by atoms with Crippen molar-refractivity contribution in [2.45, 2.75) is 44.7 Å². The highest BCUT2D eigenvalue weighted by Crippen LogP contribution is 2.37. The minimum atomic E-state index is -3.74. The fraction of sp³-hybridized carbons (Fsp3) is 0.435. The molecule has 1 amide bonds. The Morgan fingerprint density at radius 3 is 2.22 bits per heavy atom. The van der Waals surface area contributed by atoms with Gasteiger partial charge in [0.2, 0.25) is 10.0 Å². The van der Waals surface area contributed by atoms with E-state index in [1.807, 2.05) is 0 Å². The highest BCUT2D eigenvalue weighted by molar-refractivity contribution is 7.92. The first-order valence-corrected chi connectivity index (χ1v) is 12.7. The van der Waals surface area contributed by atoms with E-state index in [9.17, 15) is 13.2 Å². The number of amides is 1. The second kappa shape index (κ2) is 10.4. The summed E-state index contributed by atoms with van der Waals surface area (Å²) in [4.78, 5) is 13.3. The van der Waals surface area contributed by atoms with Crippen LogP contribution in [0.1, 0.15) is 48.0 Å². The standard InChI is InChI=1S/C23H29ClN2O5S/c1-30-21-13-19(23(27)25-18-7-5-4-6-8-18)20(14-22(21)31-2)26(32(3,28)29)15-16-9-11-17(24)12-10-16/h9-14,18H,4-8,15H2,1-3H3,(H,25,27). The van der Waals surface area contributed by atoms with Crippen LogP contribution >= 0.6 is 11.6 Å².